The maximum absolute atomic E-state index is 12.4. The molecule has 4 atom stereocenters. The molecular weight excluding hydrogens is 314 g/mol. The highest BCUT2D eigenvalue weighted by Gasteiger charge is 2.42. The first-order valence-electron chi connectivity index (χ1n) is 7.61. The van der Waals surface area contributed by atoms with Gasteiger partial charge < -0.3 is 5.32 Å². The van der Waals surface area contributed by atoms with E-state index in [0.717, 1.165) is 27.4 Å². The van der Waals surface area contributed by atoms with Gasteiger partial charge in [0.25, 0.3) is 5.91 Å². The van der Waals surface area contributed by atoms with E-state index in [0.29, 0.717) is 12.0 Å². The van der Waals surface area contributed by atoms with Crippen LogP contribution in [-0.4, -0.2) is 11.9 Å². The molecule has 0 saturated heterocycles. The summed E-state index contributed by atoms with van der Waals surface area (Å²) in [6, 6.07) is 6.08. The number of aryl methyl sites for hydroxylation is 1. The lowest BCUT2D eigenvalue weighted by Gasteiger charge is -2.28. The number of amides is 1. The molecule has 2 nitrogen and oxygen atoms in total. The van der Waals surface area contributed by atoms with Crippen molar-refractivity contribution in [2.75, 3.05) is 0 Å². The zero-order valence-corrected chi connectivity index (χ0v) is 13.7. The lowest BCUT2D eigenvalue weighted by Crippen LogP contribution is -2.40. The van der Waals surface area contributed by atoms with Crippen LogP contribution >= 0.6 is 15.9 Å². The molecule has 0 radical (unpaired) electrons. The number of hydrogen-bond donors (Lipinski definition) is 1. The molecule has 20 heavy (non-hydrogen) atoms. The van der Waals surface area contributed by atoms with E-state index in [4.69, 9.17) is 0 Å². The molecule has 2 saturated carbocycles. The smallest absolute Gasteiger partial charge is 0.251 e. The van der Waals surface area contributed by atoms with E-state index in [9.17, 15) is 4.79 Å². The molecule has 2 bridgehead atoms. The maximum atomic E-state index is 12.4. The molecule has 3 heteroatoms. The Morgan fingerprint density at radius 3 is 2.75 bits per heavy atom. The third kappa shape index (κ3) is 2.65. The van der Waals surface area contributed by atoms with Gasteiger partial charge in [0, 0.05) is 16.1 Å². The van der Waals surface area contributed by atoms with Gasteiger partial charge in [0.05, 0.1) is 0 Å². The quantitative estimate of drug-likeness (QED) is 0.875. The zero-order chi connectivity index (χ0) is 14.3. The molecule has 0 spiro atoms. The van der Waals surface area contributed by atoms with Gasteiger partial charge in [-0.3, -0.25) is 4.79 Å². The van der Waals surface area contributed by atoms with Crippen molar-refractivity contribution in [3.8, 4) is 0 Å². The molecule has 2 aliphatic carbocycles. The number of fused-ring (bicyclic) bond motifs is 2. The van der Waals surface area contributed by atoms with Gasteiger partial charge in [0.2, 0.25) is 0 Å². The summed E-state index contributed by atoms with van der Waals surface area (Å²) in [6.07, 6.45) is 5.48. The minimum Gasteiger partial charge on any atom is -0.349 e. The number of nitrogens with one attached hydrogen (secondary N) is 1. The number of hydrogen-bond acceptors (Lipinski definition) is 1. The van der Waals surface area contributed by atoms with Gasteiger partial charge in [-0.1, -0.05) is 22.4 Å². The fraction of sp³-hybridized carbons (Fsp3) is 0.588. The topological polar surface area (TPSA) is 29.1 Å². The molecule has 0 heterocycles. The Morgan fingerprint density at radius 1 is 1.35 bits per heavy atom. The fourth-order valence-electron chi connectivity index (χ4n) is 4.09. The fourth-order valence-corrected chi connectivity index (χ4v) is 4.34. The summed E-state index contributed by atoms with van der Waals surface area (Å²) >= 11 is 3.47. The van der Waals surface area contributed by atoms with Crippen LogP contribution in [0.25, 0.3) is 0 Å². The molecule has 0 aromatic heterocycles. The Hall–Kier alpha value is -0.830. The monoisotopic (exact) mass is 335 g/mol. The summed E-state index contributed by atoms with van der Waals surface area (Å²) in [6.45, 7) is 4.19. The predicted octanol–water partition coefficient (Wildman–Crippen LogP) is 4.31. The van der Waals surface area contributed by atoms with E-state index < -0.39 is 0 Å². The number of benzene rings is 1. The lowest BCUT2D eigenvalue weighted by molar-refractivity contribution is 0.0915. The Kier molecular flexibility index (Phi) is 3.89. The van der Waals surface area contributed by atoms with Gasteiger partial charge in [-0.05, 0) is 74.6 Å². The van der Waals surface area contributed by atoms with Crippen molar-refractivity contribution < 1.29 is 4.79 Å². The van der Waals surface area contributed by atoms with Crippen LogP contribution in [0.15, 0.2) is 22.7 Å². The molecule has 1 aromatic carbocycles. The van der Waals surface area contributed by atoms with E-state index in [2.05, 4.69) is 28.2 Å². The molecule has 108 valence electrons. The third-order valence-electron chi connectivity index (χ3n) is 5.21. The highest BCUT2D eigenvalue weighted by molar-refractivity contribution is 9.10. The summed E-state index contributed by atoms with van der Waals surface area (Å²) in [7, 11) is 0. The molecule has 2 fully saturated rings. The van der Waals surface area contributed by atoms with Gasteiger partial charge >= 0.3 is 0 Å². The normalized spacial score (nSPS) is 29.4. The molecule has 4 unspecified atom stereocenters. The summed E-state index contributed by atoms with van der Waals surface area (Å²) < 4.78 is 1.05. The highest BCUT2D eigenvalue weighted by atomic mass is 79.9. The van der Waals surface area contributed by atoms with Gasteiger partial charge in [-0.2, -0.15) is 0 Å². The number of halogens is 1. The van der Waals surface area contributed by atoms with Crippen LogP contribution in [0, 0.1) is 24.7 Å². The number of carbonyl (C=O) groups is 1. The van der Waals surface area contributed by atoms with Crippen LogP contribution in [0.4, 0.5) is 0 Å². The van der Waals surface area contributed by atoms with Crippen molar-refractivity contribution in [2.24, 2.45) is 17.8 Å². The van der Waals surface area contributed by atoms with Crippen LogP contribution < -0.4 is 5.32 Å². The van der Waals surface area contributed by atoms with Gasteiger partial charge in [0.15, 0.2) is 0 Å². The average Bonchev–Trinajstić information content (AvgIpc) is 3.04. The number of carbonyl (C=O) groups excluding carboxylic acids is 1. The van der Waals surface area contributed by atoms with Crippen molar-refractivity contribution in [1.29, 1.82) is 0 Å². The van der Waals surface area contributed by atoms with Crippen LogP contribution in [0.1, 0.15) is 48.5 Å². The predicted molar refractivity (Wildman–Crippen MR) is 84.7 cm³/mol. The van der Waals surface area contributed by atoms with Crippen LogP contribution in [0.3, 0.4) is 0 Å². The first-order chi connectivity index (χ1) is 9.54. The third-order valence-corrected chi connectivity index (χ3v) is 6.10. The van der Waals surface area contributed by atoms with E-state index in [1.807, 2.05) is 25.1 Å². The van der Waals surface area contributed by atoms with Crippen LogP contribution in [0.5, 0.6) is 0 Å². The van der Waals surface area contributed by atoms with Crippen molar-refractivity contribution in [3.63, 3.8) is 0 Å². The van der Waals surface area contributed by atoms with Crippen LogP contribution in [-0.2, 0) is 0 Å². The molecule has 1 aromatic rings. The van der Waals surface area contributed by atoms with E-state index in [1.165, 1.54) is 25.7 Å². The Bertz CT molecular complexity index is 528. The molecule has 2 aliphatic rings. The number of rotatable bonds is 3. The van der Waals surface area contributed by atoms with Gasteiger partial charge in [-0.25, -0.2) is 0 Å². The molecule has 0 aliphatic heterocycles. The lowest BCUT2D eigenvalue weighted by atomic mass is 9.84. The Morgan fingerprint density at radius 2 is 2.15 bits per heavy atom. The van der Waals surface area contributed by atoms with Crippen molar-refractivity contribution in [3.05, 3.63) is 33.8 Å². The van der Waals surface area contributed by atoms with Crippen molar-refractivity contribution in [1.82, 2.24) is 5.32 Å². The second-order valence-corrected chi connectivity index (χ2v) is 7.42. The zero-order valence-electron chi connectivity index (χ0n) is 12.2. The van der Waals surface area contributed by atoms with Crippen molar-refractivity contribution >= 4 is 21.8 Å². The molecular formula is C17H22BrNO. The van der Waals surface area contributed by atoms with Gasteiger partial charge in [0.1, 0.15) is 0 Å². The van der Waals surface area contributed by atoms with Crippen molar-refractivity contribution in [2.45, 2.75) is 45.6 Å². The molecule has 1 N–H and O–H groups in total. The molecule has 1 amide bonds. The first-order valence-corrected chi connectivity index (χ1v) is 8.41. The van der Waals surface area contributed by atoms with E-state index in [-0.39, 0.29) is 5.91 Å². The Balaban J connectivity index is 1.65. The minimum atomic E-state index is 0.0656. The maximum Gasteiger partial charge on any atom is 0.251 e. The Labute approximate surface area is 129 Å². The van der Waals surface area contributed by atoms with Gasteiger partial charge in [-0.15, -0.1) is 0 Å². The summed E-state index contributed by atoms with van der Waals surface area (Å²) in [5.74, 6) is 2.53. The second kappa shape index (κ2) is 5.51. The molecule has 3 rings (SSSR count). The average molecular weight is 336 g/mol. The SMILES string of the molecule is Cc1cc(C(=O)NC(C)C2CC3CCC2C3)ccc1Br. The minimum absolute atomic E-state index is 0.0656. The largest absolute Gasteiger partial charge is 0.349 e. The second-order valence-electron chi connectivity index (χ2n) is 6.56. The summed E-state index contributed by atoms with van der Waals surface area (Å²) in [5.41, 5.74) is 1.87. The highest BCUT2D eigenvalue weighted by Crippen LogP contribution is 2.49. The van der Waals surface area contributed by atoms with Crippen LogP contribution in [0.2, 0.25) is 0 Å². The standard InChI is InChI=1S/C17H22BrNO/c1-10-7-14(5-6-16(10)18)17(20)19-11(2)15-9-12-3-4-13(15)8-12/h5-7,11-13,15H,3-4,8-9H2,1-2H3,(H,19,20). The first kappa shape index (κ1) is 14.1. The summed E-state index contributed by atoms with van der Waals surface area (Å²) in [4.78, 5) is 12.4. The van der Waals surface area contributed by atoms with E-state index >= 15 is 0 Å². The van der Waals surface area contributed by atoms with E-state index in [1.54, 1.807) is 0 Å². The summed E-state index contributed by atoms with van der Waals surface area (Å²) in [5, 5.41) is 3.22.